The summed E-state index contributed by atoms with van der Waals surface area (Å²) in [7, 11) is 1.59. The molecule has 1 aliphatic heterocycles. The van der Waals surface area contributed by atoms with Gasteiger partial charge in [0.15, 0.2) is 0 Å². The Kier molecular flexibility index (Phi) is 7.85. The molecule has 1 fully saturated rings. The van der Waals surface area contributed by atoms with Crippen molar-refractivity contribution >= 4 is 63.2 Å². The smallest absolute Gasteiger partial charge is 0.266 e. The molecule has 1 aliphatic rings. The molecule has 1 aromatic carbocycles. The van der Waals surface area contributed by atoms with E-state index in [-0.39, 0.29) is 11.8 Å². The Bertz CT molecular complexity index is 910. The number of ether oxygens (including phenoxy) is 1. The van der Waals surface area contributed by atoms with Crippen LogP contribution in [0.2, 0.25) is 0 Å². The molecule has 0 atom stereocenters. The number of unbranched alkanes of at least 4 members (excludes halogenated alkanes) is 2. The molecule has 29 heavy (non-hydrogen) atoms. The Labute approximate surface area is 184 Å². The highest BCUT2D eigenvalue weighted by molar-refractivity contribution is 8.26. The lowest BCUT2D eigenvalue weighted by atomic mass is 10.1. The van der Waals surface area contributed by atoms with Crippen LogP contribution in [0.3, 0.4) is 0 Å². The number of thiophene rings is 1. The molecule has 5 nitrogen and oxygen atoms in total. The van der Waals surface area contributed by atoms with E-state index in [0.717, 1.165) is 29.8 Å². The zero-order valence-corrected chi connectivity index (χ0v) is 18.5. The van der Waals surface area contributed by atoms with Crippen molar-refractivity contribution in [2.75, 3.05) is 19.0 Å². The number of carbonyl (C=O) groups excluding carboxylic acids is 2. The molecule has 0 saturated carbocycles. The fourth-order valence-electron chi connectivity index (χ4n) is 2.85. The third-order valence-corrected chi connectivity index (χ3v) is 6.53. The highest BCUT2D eigenvalue weighted by Crippen LogP contribution is 2.33. The number of thiocarbonyl (C=S) groups is 1. The van der Waals surface area contributed by atoms with Crippen molar-refractivity contribution in [3.63, 3.8) is 0 Å². The average Bonchev–Trinajstić information content (AvgIpc) is 3.31. The van der Waals surface area contributed by atoms with Gasteiger partial charge in [0, 0.05) is 29.6 Å². The van der Waals surface area contributed by atoms with Crippen LogP contribution < -0.4 is 10.1 Å². The van der Waals surface area contributed by atoms with Gasteiger partial charge < -0.3 is 10.1 Å². The Morgan fingerprint density at radius 2 is 2.10 bits per heavy atom. The highest BCUT2D eigenvalue weighted by Gasteiger charge is 2.31. The average molecular weight is 447 g/mol. The van der Waals surface area contributed by atoms with Gasteiger partial charge in [-0.3, -0.25) is 14.5 Å². The van der Waals surface area contributed by atoms with E-state index in [1.165, 1.54) is 11.8 Å². The zero-order chi connectivity index (χ0) is 20.6. The van der Waals surface area contributed by atoms with Crippen LogP contribution in [0.1, 0.15) is 30.6 Å². The second-order valence-corrected chi connectivity index (χ2v) is 9.09. The van der Waals surface area contributed by atoms with E-state index < -0.39 is 0 Å². The van der Waals surface area contributed by atoms with Gasteiger partial charge in [0.2, 0.25) is 5.91 Å². The largest absolute Gasteiger partial charge is 0.497 e. The lowest BCUT2D eigenvalue weighted by Crippen LogP contribution is -2.29. The first kappa shape index (κ1) is 21.5. The van der Waals surface area contributed by atoms with Crippen LogP contribution in [-0.4, -0.2) is 34.7 Å². The number of thioether (sulfide) groups is 1. The summed E-state index contributed by atoms with van der Waals surface area (Å²) in [5, 5.41) is 4.86. The molecule has 3 rings (SSSR count). The maximum absolute atomic E-state index is 12.5. The third-order valence-electron chi connectivity index (χ3n) is 4.33. The number of nitrogens with one attached hydrogen (secondary N) is 1. The first-order chi connectivity index (χ1) is 14.1. The number of anilines is 1. The Morgan fingerprint density at radius 3 is 2.86 bits per heavy atom. The molecule has 1 aromatic heterocycles. The van der Waals surface area contributed by atoms with Crippen LogP contribution in [0, 0.1) is 0 Å². The minimum atomic E-state index is -0.0252. The maximum Gasteiger partial charge on any atom is 0.266 e. The first-order valence-electron chi connectivity index (χ1n) is 9.29. The number of amides is 2. The molecule has 0 unspecified atom stereocenters. The van der Waals surface area contributed by atoms with Crippen LogP contribution in [0.4, 0.5) is 5.69 Å². The molecular weight excluding hydrogens is 424 g/mol. The van der Waals surface area contributed by atoms with Gasteiger partial charge in [-0.05, 0) is 42.5 Å². The van der Waals surface area contributed by atoms with E-state index in [2.05, 4.69) is 5.32 Å². The molecule has 1 saturated heterocycles. The van der Waals surface area contributed by atoms with Crippen LogP contribution in [0.15, 0.2) is 46.7 Å². The van der Waals surface area contributed by atoms with E-state index in [1.54, 1.807) is 29.4 Å². The van der Waals surface area contributed by atoms with Crippen molar-refractivity contribution in [1.82, 2.24) is 4.90 Å². The second kappa shape index (κ2) is 10.6. The molecule has 2 heterocycles. The number of hydrogen-bond donors (Lipinski definition) is 1. The van der Waals surface area contributed by atoms with Crippen molar-refractivity contribution in [1.29, 1.82) is 0 Å². The summed E-state index contributed by atoms with van der Waals surface area (Å²) in [4.78, 5) is 28.0. The van der Waals surface area contributed by atoms with Crippen molar-refractivity contribution in [2.24, 2.45) is 0 Å². The van der Waals surface area contributed by atoms with Gasteiger partial charge in [-0.15, -0.1) is 11.3 Å². The van der Waals surface area contributed by atoms with Crippen LogP contribution in [-0.2, 0) is 9.59 Å². The summed E-state index contributed by atoms with van der Waals surface area (Å²) in [6.07, 6.45) is 4.76. The lowest BCUT2D eigenvalue weighted by Gasteiger charge is -2.14. The lowest BCUT2D eigenvalue weighted by molar-refractivity contribution is -0.122. The van der Waals surface area contributed by atoms with Gasteiger partial charge in [-0.2, -0.15) is 0 Å². The second-order valence-electron chi connectivity index (χ2n) is 6.44. The normalized spacial score (nSPS) is 15.2. The minimum Gasteiger partial charge on any atom is -0.497 e. The Morgan fingerprint density at radius 1 is 1.24 bits per heavy atom. The van der Waals surface area contributed by atoms with Gasteiger partial charge in [0.1, 0.15) is 10.1 Å². The van der Waals surface area contributed by atoms with Crippen molar-refractivity contribution in [3.8, 4) is 5.75 Å². The van der Waals surface area contributed by atoms with Gasteiger partial charge in [-0.25, -0.2) is 0 Å². The van der Waals surface area contributed by atoms with Crippen molar-refractivity contribution < 1.29 is 14.3 Å². The van der Waals surface area contributed by atoms with E-state index in [1.807, 2.05) is 41.8 Å². The third kappa shape index (κ3) is 6.16. The van der Waals surface area contributed by atoms with Crippen LogP contribution in [0.5, 0.6) is 5.75 Å². The van der Waals surface area contributed by atoms with Gasteiger partial charge in [0.25, 0.3) is 5.91 Å². The summed E-state index contributed by atoms with van der Waals surface area (Å²) in [5.74, 6) is 0.659. The molecule has 0 spiro atoms. The fraction of sp³-hybridized carbons (Fsp3) is 0.286. The molecule has 0 aliphatic carbocycles. The fourth-order valence-corrected chi connectivity index (χ4v) is 4.88. The quantitative estimate of drug-likeness (QED) is 0.328. The summed E-state index contributed by atoms with van der Waals surface area (Å²) < 4.78 is 5.76. The molecule has 152 valence electrons. The molecule has 0 bridgehead atoms. The molecule has 2 aromatic rings. The SMILES string of the molecule is COc1cccc(NC(=O)CCCCCN2C(=O)/C(=C/c3cccs3)SC2=S)c1. The van der Waals surface area contributed by atoms with Gasteiger partial charge in [0.05, 0.1) is 12.0 Å². The summed E-state index contributed by atoms with van der Waals surface area (Å²) in [6.45, 7) is 0.587. The summed E-state index contributed by atoms with van der Waals surface area (Å²) >= 11 is 8.31. The molecular formula is C21H22N2O3S3. The summed E-state index contributed by atoms with van der Waals surface area (Å²) in [5.41, 5.74) is 0.726. The Balaban J connectivity index is 1.38. The first-order valence-corrected chi connectivity index (χ1v) is 11.4. The zero-order valence-electron chi connectivity index (χ0n) is 16.1. The number of hydrogen-bond acceptors (Lipinski definition) is 6. The molecule has 2 amide bonds. The number of methoxy groups -OCH3 is 1. The standard InChI is InChI=1S/C21H22N2O3S3/c1-26-16-8-5-7-15(13-16)22-19(24)10-3-2-4-11-23-20(25)18(29-21(23)27)14-17-9-6-12-28-17/h5-9,12-14H,2-4,10-11H2,1H3,(H,22,24)/b18-14-. The predicted octanol–water partition coefficient (Wildman–Crippen LogP) is 5.16. The number of benzene rings is 1. The van der Waals surface area contributed by atoms with E-state index in [4.69, 9.17) is 17.0 Å². The van der Waals surface area contributed by atoms with Crippen LogP contribution in [0.25, 0.3) is 6.08 Å². The minimum absolute atomic E-state index is 0.0239. The van der Waals surface area contributed by atoms with Crippen molar-refractivity contribution in [3.05, 3.63) is 51.6 Å². The number of rotatable bonds is 9. The van der Waals surface area contributed by atoms with Crippen molar-refractivity contribution in [2.45, 2.75) is 25.7 Å². The monoisotopic (exact) mass is 446 g/mol. The van der Waals surface area contributed by atoms with E-state index in [0.29, 0.717) is 27.9 Å². The molecule has 8 heteroatoms. The maximum atomic E-state index is 12.5. The summed E-state index contributed by atoms with van der Waals surface area (Å²) in [6, 6.07) is 11.2. The number of carbonyl (C=O) groups is 2. The van der Waals surface area contributed by atoms with E-state index >= 15 is 0 Å². The predicted molar refractivity (Wildman–Crippen MR) is 124 cm³/mol. The topological polar surface area (TPSA) is 58.6 Å². The Hall–Kier alpha value is -2.16. The highest BCUT2D eigenvalue weighted by atomic mass is 32.2. The van der Waals surface area contributed by atoms with Crippen LogP contribution >= 0.6 is 35.3 Å². The molecule has 0 radical (unpaired) electrons. The molecule has 1 N–H and O–H groups in total. The van der Waals surface area contributed by atoms with Gasteiger partial charge in [-0.1, -0.05) is 42.5 Å². The van der Waals surface area contributed by atoms with Gasteiger partial charge >= 0.3 is 0 Å². The number of nitrogens with zero attached hydrogens (tertiary/aromatic N) is 1. The van der Waals surface area contributed by atoms with E-state index in [9.17, 15) is 9.59 Å².